The van der Waals surface area contributed by atoms with Crippen LogP contribution in [0.2, 0.25) is 0 Å². The number of nitrogens with zero attached hydrogens (tertiary/aromatic N) is 3. The van der Waals surface area contributed by atoms with Crippen LogP contribution in [0.25, 0.3) is 0 Å². The summed E-state index contributed by atoms with van der Waals surface area (Å²) >= 11 is 0. The Labute approximate surface area is 173 Å². The molecule has 10 heteroatoms. The van der Waals surface area contributed by atoms with E-state index < -0.39 is 23.1 Å². The van der Waals surface area contributed by atoms with E-state index in [2.05, 4.69) is 5.32 Å². The van der Waals surface area contributed by atoms with Crippen LogP contribution in [0, 0.1) is 5.92 Å². The van der Waals surface area contributed by atoms with Crippen LogP contribution in [0.15, 0.2) is 32.4 Å². The zero-order chi connectivity index (χ0) is 22.0. The number of nitrogen functional groups attached to an aromatic ring is 1. The number of rotatable bonds is 6. The van der Waals surface area contributed by atoms with Crippen molar-refractivity contribution in [3.63, 3.8) is 0 Å². The summed E-state index contributed by atoms with van der Waals surface area (Å²) in [6.45, 7) is 3.13. The van der Waals surface area contributed by atoms with Crippen LogP contribution < -0.4 is 22.3 Å². The summed E-state index contributed by atoms with van der Waals surface area (Å²) in [5, 5.41) is 2.87. The van der Waals surface area contributed by atoms with Gasteiger partial charge in [-0.15, -0.1) is 0 Å². The molecule has 1 aliphatic rings. The van der Waals surface area contributed by atoms with Gasteiger partial charge < -0.3 is 15.5 Å². The number of ketones is 1. The number of anilines is 1. The Morgan fingerprint density at radius 1 is 1.23 bits per heavy atom. The highest BCUT2D eigenvalue weighted by Crippen LogP contribution is 2.21. The molecule has 3 rings (SSSR count). The highest BCUT2D eigenvalue weighted by Gasteiger charge is 2.32. The Hall–Kier alpha value is -3.14. The van der Waals surface area contributed by atoms with E-state index in [0.29, 0.717) is 38.2 Å². The number of hydrogen-bond acceptors (Lipinski definition) is 7. The topological polar surface area (TPSA) is 133 Å². The lowest BCUT2D eigenvalue weighted by Gasteiger charge is -2.34. The fourth-order valence-electron chi connectivity index (χ4n) is 3.75. The van der Waals surface area contributed by atoms with Crippen molar-refractivity contribution in [3.8, 4) is 0 Å². The number of likely N-dealkylation sites (tertiary alicyclic amines) is 1. The van der Waals surface area contributed by atoms with Crippen molar-refractivity contribution >= 4 is 17.5 Å². The predicted molar refractivity (Wildman–Crippen MR) is 110 cm³/mol. The molecule has 0 aromatic carbocycles. The van der Waals surface area contributed by atoms with Crippen molar-refractivity contribution in [2.24, 2.45) is 20.0 Å². The van der Waals surface area contributed by atoms with Gasteiger partial charge in [-0.3, -0.25) is 28.4 Å². The molecular weight excluding hydrogens is 390 g/mol. The SMILES string of the molecule is CC(C(=O)c1c(N)n(C)c(=O)n(C)c1=O)N1CCC(C(=O)NCc2ccco2)CC1. The van der Waals surface area contributed by atoms with Gasteiger partial charge in [0, 0.05) is 20.0 Å². The van der Waals surface area contributed by atoms with E-state index in [-0.39, 0.29) is 23.2 Å². The number of nitrogens with one attached hydrogen (secondary N) is 1. The van der Waals surface area contributed by atoms with Crippen LogP contribution >= 0.6 is 0 Å². The minimum Gasteiger partial charge on any atom is -0.467 e. The lowest BCUT2D eigenvalue weighted by molar-refractivity contribution is -0.126. The minimum absolute atomic E-state index is 0.0406. The van der Waals surface area contributed by atoms with Gasteiger partial charge in [0.15, 0.2) is 5.78 Å². The molecule has 2 aromatic heterocycles. The quantitative estimate of drug-likeness (QED) is 0.625. The van der Waals surface area contributed by atoms with E-state index in [1.807, 2.05) is 4.90 Å². The molecule has 2 aromatic rings. The predicted octanol–water partition coefficient (Wildman–Crippen LogP) is -0.141. The van der Waals surface area contributed by atoms with E-state index in [4.69, 9.17) is 10.2 Å². The summed E-state index contributed by atoms with van der Waals surface area (Å²) in [5.41, 5.74) is 4.46. The molecule has 1 atom stereocenters. The standard InChI is InChI=1S/C20H27N5O5/c1-12(16(26)15-17(21)23(2)20(29)24(3)19(15)28)25-8-6-13(7-9-25)18(27)22-11-14-5-4-10-30-14/h4-5,10,12-13H,6-9,11,21H2,1-3H3,(H,22,27). The average molecular weight is 417 g/mol. The van der Waals surface area contributed by atoms with Gasteiger partial charge in [-0.25, -0.2) is 4.79 Å². The number of hydrogen-bond donors (Lipinski definition) is 2. The van der Waals surface area contributed by atoms with Crippen LogP contribution in [0.3, 0.4) is 0 Å². The van der Waals surface area contributed by atoms with Gasteiger partial charge in [-0.05, 0) is 45.0 Å². The van der Waals surface area contributed by atoms with Gasteiger partial charge >= 0.3 is 5.69 Å². The third-order valence-corrected chi connectivity index (χ3v) is 5.80. The monoisotopic (exact) mass is 417 g/mol. The van der Waals surface area contributed by atoms with Crippen LogP contribution in [-0.2, 0) is 25.4 Å². The maximum atomic E-state index is 13.0. The molecule has 0 spiro atoms. The maximum absolute atomic E-state index is 13.0. The Bertz CT molecular complexity index is 1040. The summed E-state index contributed by atoms with van der Waals surface area (Å²) < 4.78 is 7.19. The maximum Gasteiger partial charge on any atom is 0.332 e. The number of aromatic nitrogens is 2. The first-order valence-electron chi connectivity index (χ1n) is 9.86. The Kier molecular flexibility index (Phi) is 6.25. The average Bonchev–Trinajstić information content (AvgIpc) is 3.28. The lowest BCUT2D eigenvalue weighted by Crippen LogP contribution is -2.49. The van der Waals surface area contributed by atoms with Gasteiger partial charge in [0.1, 0.15) is 17.1 Å². The van der Waals surface area contributed by atoms with Crippen molar-refractivity contribution in [1.82, 2.24) is 19.4 Å². The molecule has 1 saturated heterocycles. The second-order valence-corrected chi connectivity index (χ2v) is 7.61. The van der Waals surface area contributed by atoms with Crippen LogP contribution in [0.5, 0.6) is 0 Å². The number of nitrogens with two attached hydrogens (primary N) is 1. The van der Waals surface area contributed by atoms with Crippen molar-refractivity contribution < 1.29 is 14.0 Å². The fourth-order valence-corrected chi connectivity index (χ4v) is 3.75. The molecule has 3 heterocycles. The Morgan fingerprint density at radius 2 is 1.90 bits per heavy atom. The van der Waals surface area contributed by atoms with Gasteiger partial charge in [-0.2, -0.15) is 0 Å². The van der Waals surface area contributed by atoms with Crippen LogP contribution in [0.4, 0.5) is 5.82 Å². The minimum atomic E-state index is -0.695. The Balaban J connectivity index is 1.63. The Morgan fingerprint density at radius 3 is 2.50 bits per heavy atom. The summed E-state index contributed by atoms with van der Waals surface area (Å²) in [5.74, 6) is -0.0526. The summed E-state index contributed by atoms with van der Waals surface area (Å²) in [7, 11) is 2.74. The second-order valence-electron chi connectivity index (χ2n) is 7.61. The largest absolute Gasteiger partial charge is 0.467 e. The van der Waals surface area contributed by atoms with Gasteiger partial charge in [0.2, 0.25) is 5.91 Å². The molecule has 1 unspecified atom stereocenters. The molecule has 162 valence electrons. The highest BCUT2D eigenvalue weighted by molar-refractivity contribution is 6.03. The molecule has 10 nitrogen and oxygen atoms in total. The van der Waals surface area contributed by atoms with Crippen LogP contribution in [0.1, 0.15) is 35.9 Å². The molecule has 1 aliphatic heterocycles. The third kappa shape index (κ3) is 4.09. The molecule has 3 N–H and O–H groups in total. The number of carbonyl (C=O) groups is 2. The van der Waals surface area contributed by atoms with Crippen molar-refractivity contribution in [3.05, 3.63) is 50.6 Å². The number of piperidine rings is 1. The summed E-state index contributed by atoms with van der Waals surface area (Å²) in [4.78, 5) is 51.8. The fraction of sp³-hybridized carbons (Fsp3) is 0.500. The van der Waals surface area contributed by atoms with Crippen molar-refractivity contribution in [2.45, 2.75) is 32.4 Å². The van der Waals surface area contributed by atoms with E-state index in [1.165, 1.54) is 14.1 Å². The molecule has 0 bridgehead atoms. The third-order valence-electron chi connectivity index (χ3n) is 5.80. The zero-order valence-electron chi connectivity index (χ0n) is 17.4. The zero-order valence-corrected chi connectivity index (χ0v) is 17.4. The van der Waals surface area contributed by atoms with Gasteiger partial charge in [0.25, 0.3) is 5.56 Å². The van der Waals surface area contributed by atoms with E-state index in [9.17, 15) is 19.2 Å². The van der Waals surface area contributed by atoms with Crippen molar-refractivity contribution in [2.75, 3.05) is 18.8 Å². The number of furan rings is 1. The van der Waals surface area contributed by atoms with Crippen LogP contribution in [-0.4, -0.2) is 44.9 Å². The van der Waals surface area contributed by atoms with Crippen molar-refractivity contribution in [1.29, 1.82) is 0 Å². The molecule has 1 fully saturated rings. The molecule has 0 radical (unpaired) electrons. The van der Waals surface area contributed by atoms with E-state index in [0.717, 1.165) is 9.13 Å². The number of amides is 1. The first-order valence-corrected chi connectivity index (χ1v) is 9.86. The molecule has 30 heavy (non-hydrogen) atoms. The lowest BCUT2D eigenvalue weighted by atomic mass is 9.93. The summed E-state index contributed by atoms with van der Waals surface area (Å²) in [6.07, 6.45) is 2.76. The molecule has 1 amide bonds. The molecule has 0 saturated carbocycles. The van der Waals surface area contributed by atoms with Gasteiger partial charge in [-0.1, -0.05) is 0 Å². The first kappa shape index (κ1) is 21.6. The molecular formula is C20H27N5O5. The first-order chi connectivity index (χ1) is 14.2. The highest BCUT2D eigenvalue weighted by atomic mass is 16.3. The smallest absolute Gasteiger partial charge is 0.332 e. The molecule has 0 aliphatic carbocycles. The van der Waals surface area contributed by atoms with E-state index in [1.54, 1.807) is 25.3 Å². The van der Waals surface area contributed by atoms with E-state index >= 15 is 0 Å². The normalized spacial score (nSPS) is 16.4. The number of carbonyl (C=O) groups excluding carboxylic acids is 2. The number of Topliss-reactive ketones (excluding diaryl/α,β-unsaturated/α-hetero) is 1. The second kappa shape index (κ2) is 8.70. The van der Waals surface area contributed by atoms with Gasteiger partial charge in [0.05, 0.1) is 18.8 Å². The summed E-state index contributed by atoms with van der Waals surface area (Å²) in [6, 6.07) is 2.97.